The van der Waals surface area contributed by atoms with E-state index in [4.69, 9.17) is 4.74 Å². The lowest BCUT2D eigenvalue weighted by molar-refractivity contribution is 0.322. The van der Waals surface area contributed by atoms with Gasteiger partial charge < -0.3 is 20.3 Å². The molecule has 0 amide bonds. The molecule has 2 aromatic carbocycles. The number of hydrogen-bond acceptors (Lipinski definition) is 3. The van der Waals surface area contributed by atoms with Crippen LogP contribution in [-0.4, -0.2) is 51.7 Å². The SMILES string of the molecule is CN=C(NCCCN(C)Cc1ccccc1)NCCc1ccccc1OC.I. The van der Waals surface area contributed by atoms with Crippen LogP contribution in [0.2, 0.25) is 0 Å². The molecule has 2 N–H and O–H groups in total. The summed E-state index contributed by atoms with van der Waals surface area (Å²) in [6, 6.07) is 18.7. The van der Waals surface area contributed by atoms with Gasteiger partial charge in [0.2, 0.25) is 0 Å². The summed E-state index contributed by atoms with van der Waals surface area (Å²) in [5, 5.41) is 6.75. The lowest BCUT2D eigenvalue weighted by Crippen LogP contribution is -2.39. The number of nitrogens with zero attached hydrogens (tertiary/aromatic N) is 2. The maximum atomic E-state index is 5.40. The predicted molar refractivity (Wildman–Crippen MR) is 129 cm³/mol. The van der Waals surface area contributed by atoms with E-state index in [9.17, 15) is 0 Å². The molecule has 0 saturated heterocycles. The van der Waals surface area contributed by atoms with E-state index in [0.717, 1.165) is 50.7 Å². The van der Waals surface area contributed by atoms with Crippen molar-refractivity contribution in [3.05, 3.63) is 65.7 Å². The van der Waals surface area contributed by atoms with Crippen molar-refractivity contribution in [2.75, 3.05) is 40.8 Å². The number of aliphatic imine (C=N–C) groups is 1. The van der Waals surface area contributed by atoms with Gasteiger partial charge in [0.05, 0.1) is 7.11 Å². The molecule has 5 nitrogen and oxygen atoms in total. The van der Waals surface area contributed by atoms with Gasteiger partial charge in [-0.15, -0.1) is 24.0 Å². The Hall–Kier alpha value is -1.80. The van der Waals surface area contributed by atoms with E-state index < -0.39 is 0 Å². The van der Waals surface area contributed by atoms with Gasteiger partial charge >= 0.3 is 0 Å². The Labute approximate surface area is 186 Å². The Balaban J connectivity index is 0.00000392. The molecule has 0 aliphatic heterocycles. The number of halogens is 1. The first-order valence-corrected chi connectivity index (χ1v) is 9.52. The van der Waals surface area contributed by atoms with Gasteiger partial charge in [0, 0.05) is 26.7 Å². The summed E-state index contributed by atoms with van der Waals surface area (Å²) in [6.45, 7) is 3.73. The van der Waals surface area contributed by atoms with E-state index in [1.807, 2.05) is 18.2 Å². The fourth-order valence-corrected chi connectivity index (χ4v) is 2.98. The average Bonchev–Trinajstić information content (AvgIpc) is 2.70. The highest BCUT2D eigenvalue weighted by molar-refractivity contribution is 14.0. The predicted octanol–water partition coefficient (Wildman–Crippen LogP) is 3.54. The van der Waals surface area contributed by atoms with Gasteiger partial charge in [-0.25, -0.2) is 0 Å². The molecular formula is C22H33IN4O. The normalized spacial score (nSPS) is 11.1. The summed E-state index contributed by atoms with van der Waals surface area (Å²) < 4.78 is 5.40. The van der Waals surface area contributed by atoms with Gasteiger partial charge in [-0.05, 0) is 43.6 Å². The molecule has 0 saturated carbocycles. The van der Waals surface area contributed by atoms with E-state index in [2.05, 4.69) is 64.0 Å². The van der Waals surface area contributed by atoms with Crippen LogP contribution in [0.25, 0.3) is 0 Å². The summed E-state index contributed by atoms with van der Waals surface area (Å²) in [4.78, 5) is 6.64. The first-order valence-electron chi connectivity index (χ1n) is 9.52. The van der Waals surface area contributed by atoms with Crippen LogP contribution in [0.1, 0.15) is 17.5 Å². The van der Waals surface area contributed by atoms with Gasteiger partial charge in [0.25, 0.3) is 0 Å². The maximum absolute atomic E-state index is 5.40. The van der Waals surface area contributed by atoms with E-state index in [-0.39, 0.29) is 24.0 Å². The second-order valence-electron chi connectivity index (χ2n) is 6.56. The topological polar surface area (TPSA) is 48.9 Å². The Morgan fingerprint density at radius 3 is 2.39 bits per heavy atom. The summed E-state index contributed by atoms with van der Waals surface area (Å²) in [5.74, 6) is 1.78. The van der Waals surface area contributed by atoms with Crippen LogP contribution in [0.15, 0.2) is 59.6 Å². The Morgan fingerprint density at radius 2 is 1.68 bits per heavy atom. The molecule has 0 atom stereocenters. The molecule has 0 unspecified atom stereocenters. The van der Waals surface area contributed by atoms with Gasteiger partial charge in [0.1, 0.15) is 5.75 Å². The van der Waals surface area contributed by atoms with Crippen LogP contribution in [0.4, 0.5) is 0 Å². The minimum atomic E-state index is 0. The summed E-state index contributed by atoms with van der Waals surface area (Å²) in [5.41, 5.74) is 2.55. The monoisotopic (exact) mass is 496 g/mol. The summed E-state index contributed by atoms with van der Waals surface area (Å²) in [7, 11) is 5.68. The first kappa shape index (κ1) is 24.2. The number of benzene rings is 2. The van der Waals surface area contributed by atoms with E-state index in [1.54, 1.807) is 14.2 Å². The van der Waals surface area contributed by atoms with E-state index in [0.29, 0.717) is 0 Å². The Kier molecular flexibility index (Phi) is 12.3. The highest BCUT2D eigenvalue weighted by atomic mass is 127. The van der Waals surface area contributed by atoms with Crippen LogP contribution in [0, 0.1) is 0 Å². The molecule has 154 valence electrons. The average molecular weight is 496 g/mol. The highest BCUT2D eigenvalue weighted by Gasteiger charge is 2.03. The lowest BCUT2D eigenvalue weighted by atomic mass is 10.1. The highest BCUT2D eigenvalue weighted by Crippen LogP contribution is 2.17. The van der Waals surface area contributed by atoms with Gasteiger partial charge in [-0.2, -0.15) is 0 Å². The van der Waals surface area contributed by atoms with Gasteiger partial charge in [-0.3, -0.25) is 4.99 Å². The standard InChI is InChI=1S/C22H32N4O.HI/c1-23-22(25-16-14-20-12-7-8-13-21(20)27-3)24-15-9-17-26(2)18-19-10-5-4-6-11-19;/h4-8,10-13H,9,14-18H2,1-3H3,(H2,23,24,25);1H. The molecule has 0 bridgehead atoms. The molecule has 6 heteroatoms. The Bertz CT molecular complexity index is 694. The second kappa shape index (κ2) is 14.2. The third kappa shape index (κ3) is 8.93. The third-order valence-electron chi connectivity index (χ3n) is 4.41. The van der Waals surface area contributed by atoms with Crippen LogP contribution >= 0.6 is 24.0 Å². The zero-order valence-electron chi connectivity index (χ0n) is 17.1. The smallest absolute Gasteiger partial charge is 0.190 e. The molecular weight excluding hydrogens is 463 g/mol. The maximum Gasteiger partial charge on any atom is 0.190 e. The van der Waals surface area contributed by atoms with Crippen LogP contribution < -0.4 is 15.4 Å². The fourth-order valence-electron chi connectivity index (χ4n) is 2.98. The molecule has 2 rings (SSSR count). The second-order valence-corrected chi connectivity index (χ2v) is 6.56. The molecule has 0 spiro atoms. The molecule has 0 aliphatic carbocycles. The molecule has 28 heavy (non-hydrogen) atoms. The minimum Gasteiger partial charge on any atom is -0.496 e. The summed E-state index contributed by atoms with van der Waals surface area (Å²) in [6.07, 6.45) is 1.96. The van der Waals surface area contributed by atoms with Crippen LogP contribution in [-0.2, 0) is 13.0 Å². The molecule has 0 radical (unpaired) electrons. The van der Waals surface area contributed by atoms with Gasteiger partial charge in [0.15, 0.2) is 5.96 Å². The molecule has 2 aromatic rings. The number of para-hydroxylation sites is 1. The van der Waals surface area contributed by atoms with Crippen molar-refractivity contribution in [1.29, 1.82) is 0 Å². The lowest BCUT2D eigenvalue weighted by Gasteiger charge is -2.17. The third-order valence-corrected chi connectivity index (χ3v) is 4.41. The molecule has 0 heterocycles. The number of hydrogen-bond donors (Lipinski definition) is 2. The van der Waals surface area contributed by atoms with Crippen molar-refractivity contribution < 1.29 is 4.74 Å². The number of rotatable bonds is 10. The molecule has 0 aliphatic rings. The number of nitrogens with one attached hydrogen (secondary N) is 2. The number of guanidine groups is 1. The molecule has 0 fully saturated rings. The van der Waals surface area contributed by atoms with Crippen molar-refractivity contribution >= 4 is 29.9 Å². The fraction of sp³-hybridized carbons (Fsp3) is 0.409. The van der Waals surface area contributed by atoms with Crippen molar-refractivity contribution in [3.8, 4) is 5.75 Å². The zero-order chi connectivity index (χ0) is 19.3. The Morgan fingerprint density at radius 1 is 1.00 bits per heavy atom. The number of methoxy groups -OCH3 is 1. The van der Waals surface area contributed by atoms with E-state index >= 15 is 0 Å². The van der Waals surface area contributed by atoms with Crippen molar-refractivity contribution in [2.24, 2.45) is 4.99 Å². The van der Waals surface area contributed by atoms with Crippen molar-refractivity contribution in [1.82, 2.24) is 15.5 Å². The quantitative estimate of drug-likeness (QED) is 0.229. The van der Waals surface area contributed by atoms with Crippen LogP contribution in [0.5, 0.6) is 5.75 Å². The van der Waals surface area contributed by atoms with Crippen molar-refractivity contribution in [2.45, 2.75) is 19.4 Å². The number of ether oxygens (including phenoxy) is 1. The zero-order valence-corrected chi connectivity index (χ0v) is 19.5. The van der Waals surface area contributed by atoms with Crippen molar-refractivity contribution in [3.63, 3.8) is 0 Å². The summed E-state index contributed by atoms with van der Waals surface area (Å²) >= 11 is 0. The van der Waals surface area contributed by atoms with Crippen LogP contribution in [0.3, 0.4) is 0 Å². The van der Waals surface area contributed by atoms with Gasteiger partial charge in [-0.1, -0.05) is 48.5 Å². The molecule has 0 aromatic heterocycles. The largest absolute Gasteiger partial charge is 0.496 e. The minimum absolute atomic E-state index is 0. The van der Waals surface area contributed by atoms with E-state index in [1.165, 1.54) is 11.1 Å². The first-order chi connectivity index (χ1) is 13.2.